The molecule has 110 valence electrons. The zero-order chi connectivity index (χ0) is 15.4. The van der Waals surface area contributed by atoms with Crippen molar-refractivity contribution in [2.45, 2.75) is 17.7 Å². The third-order valence-corrected chi connectivity index (χ3v) is 3.32. The summed E-state index contributed by atoms with van der Waals surface area (Å²) in [4.78, 5) is 15.8. The highest BCUT2D eigenvalue weighted by Crippen LogP contribution is 2.27. The molecule has 0 spiro atoms. The van der Waals surface area contributed by atoms with E-state index in [-0.39, 0.29) is 28.0 Å². The van der Waals surface area contributed by atoms with Gasteiger partial charge >= 0.3 is 0 Å². The van der Waals surface area contributed by atoms with Crippen LogP contribution in [0.5, 0.6) is 0 Å². The van der Waals surface area contributed by atoms with Gasteiger partial charge in [-0.15, -0.1) is 0 Å². The number of aryl methyl sites for hydroxylation is 1. The predicted octanol–water partition coefficient (Wildman–Crippen LogP) is 4.10. The Labute approximate surface area is 123 Å². The topological polar surface area (TPSA) is 42.0 Å². The molecule has 7 heteroatoms. The molecule has 0 saturated carbocycles. The number of nitrogens with one attached hydrogen (secondary N) is 1. The third-order valence-electron chi connectivity index (χ3n) is 2.59. The van der Waals surface area contributed by atoms with Crippen molar-refractivity contribution in [1.82, 2.24) is 4.98 Å². The Hall–Kier alpha value is -2.02. The number of rotatable bonds is 4. The van der Waals surface area contributed by atoms with Crippen molar-refractivity contribution in [3.8, 4) is 0 Å². The summed E-state index contributed by atoms with van der Waals surface area (Å²) in [5.41, 5.74) is 0.672. The maximum atomic E-state index is 13.7. The van der Waals surface area contributed by atoms with Crippen molar-refractivity contribution in [2.75, 3.05) is 5.32 Å². The van der Waals surface area contributed by atoms with Crippen molar-refractivity contribution in [3.05, 3.63) is 53.5 Å². The van der Waals surface area contributed by atoms with Gasteiger partial charge in [0.2, 0.25) is 0 Å². The van der Waals surface area contributed by atoms with Crippen molar-refractivity contribution >= 4 is 23.4 Å². The van der Waals surface area contributed by atoms with Crippen molar-refractivity contribution in [1.29, 1.82) is 0 Å². The molecule has 0 aliphatic rings. The second-order valence-electron chi connectivity index (χ2n) is 4.17. The fourth-order valence-electron chi connectivity index (χ4n) is 1.65. The molecule has 0 aliphatic carbocycles. The van der Waals surface area contributed by atoms with Crippen LogP contribution in [0.3, 0.4) is 0 Å². The molecule has 0 radical (unpaired) electrons. The van der Waals surface area contributed by atoms with Gasteiger partial charge in [-0.25, -0.2) is 9.37 Å². The van der Waals surface area contributed by atoms with Crippen LogP contribution in [0.4, 0.5) is 18.9 Å². The van der Waals surface area contributed by atoms with Crippen molar-refractivity contribution in [2.24, 2.45) is 0 Å². The fraction of sp³-hybridized carbons (Fsp3) is 0.143. The zero-order valence-electron chi connectivity index (χ0n) is 10.9. The lowest BCUT2D eigenvalue weighted by molar-refractivity contribution is 0.102. The minimum absolute atomic E-state index is 0.0116. The number of pyridine rings is 1. The maximum absolute atomic E-state index is 13.7. The molecule has 0 aliphatic heterocycles. The number of halogens is 3. The largest absolute Gasteiger partial charge is 0.319 e. The van der Waals surface area contributed by atoms with E-state index in [1.165, 1.54) is 30.5 Å². The number of hydrogen-bond acceptors (Lipinski definition) is 3. The van der Waals surface area contributed by atoms with Gasteiger partial charge in [0.1, 0.15) is 10.8 Å². The molecule has 21 heavy (non-hydrogen) atoms. The number of aromatic nitrogens is 1. The van der Waals surface area contributed by atoms with E-state index < -0.39 is 17.5 Å². The summed E-state index contributed by atoms with van der Waals surface area (Å²) in [7, 11) is 0. The molecule has 0 fully saturated rings. The van der Waals surface area contributed by atoms with Crippen LogP contribution in [-0.4, -0.2) is 16.6 Å². The number of hydrogen-bond donors (Lipinski definition) is 1. The normalized spacial score (nSPS) is 10.7. The third kappa shape index (κ3) is 3.98. The Bertz CT molecular complexity index is 664. The van der Waals surface area contributed by atoms with Crippen LogP contribution in [0.25, 0.3) is 0 Å². The van der Waals surface area contributed by atoms with E-state index in [0.29, 0.717) is 5.56 Å². The average molecular weight is 312 g/mol. The molecule has 0 unspecified atom stereocenters. The molecule has 1 N–H and O–H groups in total. The molecule has 2 aromatic rings. The first-order valence-corrected chi connectivity index (χ1v) is 6.82. The molecular formula is C14H11F3N2OS. The number of carbonyl (C=O) groups is 1. The minimum atomic E-state index is -2.69. The monoisotopic (exact) mass is 312 g/mol. The lowest BCUT2D eigenvalue weighted by Gasteiger charge is -2.09. The molecule has 0 atom stereocenters. The summed E-state index contributed by atoms with van der Waals surface area (Å²) in [5, 5.41) is 2.26. The number of thioether (sulfide) groups is 1. The van der Waals surface area contributed by atoms with Gasteiger partial charge in [0.25, 0.3) is 11.7 Å². The van der Waals surface area contributed by atoms with Gasteiger partial charge in [0, 0.05) is 6.20 Å². The van der Waals surface area contributed by atoms with Gasteiger partial charge in [-0.2, -0.15) is 8.78 Å². The number of alkyl halides is 2. The van der Waals surface area contributed by atoms with E-state index in [0.717, 1.165) is 0 Å². The second-order valence-corrected chi connectivity index (χ2v) is 5.15. The molecule has 0 saturated heterocycles. The van der Waals surface area contributed by atoms with Crippen LogP contribution < -0.4 is 5.32 Å². The van der Waals surface area contributed by atoms with Gasteiger partial charge in [0.05, 0.1) is 11.3 Å². The highest BCUT2D eigenvalue weighted by molar-refractivity contribution is 7.99. The number of nitrogens with zero attached hydrogens (tertiary/aromatic N) is 1. The van der Waals surface area contributed by atoms with Gasteiger partial charge in [0.15, 0.2) is 0 Å². The quantitative estimate of drug-likeness (QED) is 0.864. The zero-order valence-corrected chi connectivity index (χ0v) is 11.8. The molecule has 3 nitrogen and oxygen atoms in total. The van der Waals surface area contributed by atoms with Crippen LogP contribution >= 0.6 is 11.8 Å². The van der Waals surface area contributed by atoms with E-state index in [9.17, 15) is 18.0 Å². The summed E-state index contributed by atoms with van der Waals surface area (Å²) >= 11 is 0.172. The Morgan fingerprint density at radius 1 is 1.33 bits per heavy atom. The second kappa shape index (κ2) is 6.62. The number of anilines is 1. The van der Waals surface area contributed by atoms with E-state index in [1.807, 2.05) is 0 Å². The van der Waals surface area contributed by atoms with Crippen LogP contribution in [0.1, 0.15) is 15.9 Å². The van der Waals surface area contributed by atoms with E-state index >= 15 is 0 Å². The minimum Gasteiger partial charge on any atom is -0.319 e. The Morgan fingerprint density at radius 2 is 2.10 bits per heavy atom. The lowest BCUT2D eigenvalue weighted by Crippen LogP contribution is -2.15. The van der Waals surface area contributed by atoms with Crippen LogP contribution in [0, 0.1) is 12.7 Å². The van der Waals surface area contributed by atoms with Crippen LogP contribution in [-0.2, 0) is 0 Å². The smallest absolute Gasteiger partial charge is 0.290 e. The predicted molar refractivity (Wildman–Crippen MR) is 75.2 cm³/mol. The molecule has 1 aromatic heterocycles. The number of benzene rings is 1. The first-order valence-electron chi connectivity index (χ1n) is 5.94. The van der Waals surface area contributed by atoms with Gasteiger partial charge in [-0.1, -0.05) is 6.07 Å². The summed E-state index contributed by atoms with van der Waals surface area (Å²) in [6, 6.07) is 7.14. The summed E-state index contributed by atoms with van der Waals surface area (Å²) in [6.45, 7) is 1.72. The van der Waals surface area contributed by atoms with Crippen LogP contribution in [0.15, 0.2) is 41.6 Å². The summed E-state index contributed by atoms with van der Waals surface area (Å²) in [5.74, 6) is -3.97. The number of amides is 1. The van der Waals surface area contributed by atoms with E-state index in [2.05, 4.69) is 10.3 Å². The highest BCUT2D eigenvalue weighted by Gasteiger charge is 2.17. The van der Waals surface area contributed by atoms with E-state index in [4.69, 9.17) is 0 Å². The average Bonchev–Trinajstić information content (AvgIpc) is 2.42. The Balaban J connectivity index is 2.24. The van der Waals surface area contributed by atoms with Crippen molar-refractivity contribution in [3.63, 3.8) is 0 Å². The lowest BCUT2D eigenvalue weighted by atomic mass is 10.2. The Morgan fingerprint density at radius 3 is 2.76 bits per heavy atom. The number of carbonyl (C=O) groups excluding carboxylic acids is 1. The van der Waals surface area contributed by atoms with Crippen molar-refractivity contribution < 1.29 is 18.0 Å². The first-order chi connectivity index (χ1) is 9.97. The molecule has 1 amide bonds. The van der Waals surface area contributed by atoms with E-state index in [1.54, 1.807) is 13.0 Å². The molecule has 1 aromatic carbocycles. The highest BCUT2D eigenvalue weighted by atomic mass is 32.2. The first kappa shape index (κ1) is 15.4. The molecule has 0 bridgehead atoms. The van der Waals surface area contributed by atoms with Gasteiger partial charge in [-0.3, -0.25) is 4.79 Å². The Kier molecular flexibility index (Phi) is 4.85. The SMILES string of the molecule is Cc1ccc(NC(=O)c2cccnc2SC(F)F)c(F)c1. The molecule has 2 rings (SSSR count). The van der Waals surface area contributed by atoms with Gasteiger partial charge < -0.3 is 5.32 Å². The summed E-state index contributed by atoms with van der Waals surface area (Å²) < 4.78 is 38.5. The standard InChI is InChI=1S/C14H11F3N2OS/c1-8-4-5-11(10(15)7-8)19-12(20)9-3-2-6-18-13(9)21-14(16)17/h2-7,14H,1H3,(H,19,20). The van der Waals surface area contributed by atoms with Crippen LogP contribution in [0.2, 0.25) is 0 Å². The molecule has 1 heterocycles. The van der Waals surface area contributed by atoms with Gasteiger partial charge in [-0.05, 0) is 48.5 Å². The molecular weight excluding hydrogens is 301 g/mol. The fourth-order valence-corrected chi connectivity index (χ4v) is 2.23. The summed E-state index contributed by atoms with van der Waals surface area (Å²) in [6.07, 6.45) is 1.31. The maximum Gasteiger partial charge on any atom is 0.290 e.